The van der Waals surface area contributed by atoms with Crippen LogP contribution in [0.2, 0.25) is 0 Å². The minimum atomic E-state index is 0.531. The van der Waals surface area contributed by atoms with Crippen LogP contribution in [0, 0.1) is 0 Å². The second kappa shape index (κ2) is 6.81. The number of aromatic nitrogens is 1. The van der Waals surface area contributed by atoms with Gasteiger partial charge in [-0.15, -0.1) is 23.1 Å². The van der Waals surface area contributed by atoms with E-state index in [9.17, 15) is 0 Å². The van der Waals surface area contributed by atoms with Gasteiger partial charge in [-0.05, 0) is 18.8 Å². The molecule has 0 radical (unpaired) electrons. The molecule has 2 fully saturated rings. The van der Waals surface area contributed by atoms with Gasteiger partial charge in [0.15, 0.2) is 0 Å². The molecule has 1 N–H and O–H groups in total. The smallest absolute Gasteiger partial charge is 0.107 e. The van der Waals surface area contributed by atoms with Crippen molar-refractivity contribution in [3.8, 4) is 0 Å². The molecule has 21 heavy (non-hydrogen) atoms. The summed E-state index contributed by atoms with van der Waals surface area (Å²) in [6.45, 7) is 10.3. The molecule has 0 amide bonds. The maximum absolute atomic E-state index is 5.04. The molecule has 118 valence electrons. The Labute approximate surface area is 141 Å². The standard InChI is InChI=1S/C16H26N2S3/c1-9(2)15-13(7-17-12-5-6-12)21-16(18-15)14-8-19-10(3)11(4)20-14/h9-12,14,17H,5-8H2,1-4H3. The van der Waals surface area contributed by atoms with E-state index in [4.69, 9.17) is 4.98 Å². The van der Waals surface area contributed by atoms with Crippen molar-refractivity contribution in [1.82, 2.24) is 10.3 Å². The number of rotatable bonds is 5. The zero-order valence-corrected chi connectivity index (χ0v) is 15.8. The van der Waals surface area contributed by atoms with Crippen molar-refractivity contribution in [3.05, 3.63) is 15.6 Å². The third kappa shape index (κ3) is 3.98. The van der Waals surface area contributed by atoms with Crippen molar-refractivity contribution < 1.29 is 0 Å². The summed E-state index contributed by atoms with van der Waals surface area (Å²) in [6.07, 6.45) is 2.71. The molecule has 1 aromatic heterocycles. The summed E-state index contributed by atoms with van der Waals surface area (Å²) in [7, 11) is 0. The monoisotopic (exact) mass is 342 g/mol. The molecular formula is C16H26N2S3. The summed E-state index contributed by atoms with van der Waals surface area (Å²) in [5, 5.41) is 7.12. The molecule has 5 heteroatoms. The third-order valence-electron chi connectivity index (χ3n) is 4.25. The normalized spacial score (nSPS) is 30.0. The first-order chi connectivity index (χ1) is 10.0. The van der Waals surface area contributed by atoms with Gasteiger partial charge in [0.2, 0.25) is 0 Å². The molecule has 0 spiro atoms. The lowest BCUT2D eigenvalue weighted by Crippen LogP contribution is -2.21. The van der Waals surface area contributed by atoms with Crippen LogP contribution in [0.25, 0.3) is 0 Å². The van der Waals surface area contributed by atoms with Crippen molar-refractivity contribution in [2.45, 2.75) is 74.8 Å². The van der Waals surface area contributed by atoms with Gasteiger partial charge in [-0.2, -0.15) is 11.8 Å². The molecule has 1 aliphatic carbocycles. The van der Waals surface area contributed by atoms with Crippen molar-refractivity contribution in [1.29, 1.82) is 0 Å². The van der Waals surface area contributed by atoms with Crippen LogP contribution in [-0.4, -0.2) is 27.3 Å². The number of nitrogens with zero attached hydrogens (tertiary/aromatic N) is 1. The predicted octanol–water partition coefficient (Wildman–Crippen LogP) is 4.82. The fraction of sp³-hybridized carbons (Fsp3) is 0.812. The lowest BCUT2D eigenvalue weighted by molar-refractivity contribution is 0.680. The van der Waals surface area contributed by atoms with E-state index in [0.717, 1.165) is 23.1 Å². The summed E-state index contributed by atoms with van der Waals surface area (Å²) in [6, 6.07) is 0.774. The van der Waals surface area contributed by atoms with E-state index >= 15 is 0 Å². The Hall–Kier alpha value is 0.290. The molecule has 1 saturated heterocycles. The summed E-state index contributed by atoms with van der Waals surface area (Å²) in [5.41, 5.74) is 1.33. The number of thiazole rings is 1. The lowest BCUT2D eigenvalue weighted by atomic mass is 10.1. The maximum atomic E-state index is 5.04. The van der Waals surface area contributed by atoms with Crippen molar-refractivity contribution in [2.24, 2.45) is 0 Å². The zero-order chi connectivity index (χ0) is 15.0. The summed E-state index contributed by atoms with van der Waals surface area (Å²) < 4.78 is 0. The lowest BCUT2D eigenvalue weighted by Gasteiger charge is -2.30. The van der Waals surface area contributed by atoms with Gasteiger partial charge in [0, 0.05) is 33.7 Å². The highest BCUT2D eigenvalue weighted by Crippen LogP contribution is 2.46. The number of hydrogen-bond acceptors (Lipinski definition) is 5. The third-order valence-corrected chi connectivity index (χ3v) is 8.98. The highest BCUT2D eigenvalue weighted by Gasteiger charge is 2.30. The van der Waals surface area contributed by atoms with Gasteiger partial charge in [0.1, 0.15) is 5.01 Å². The number of nitrogens with one attached hydrogen (secondary N) is 1. The van der Waals surface area contributed by atoms with Gasteiger partial charge in [0.05, 0.1) is 10.9 Å². The van der Waals surface area contributed by atoms with Gasteiger partial charge >= 0.3 is 0 Å². The fourth-order valence-electron chi connectivity index (χ4n) is 2.54. The quantitative estimate of drug-likeness (QED) is 0.829. The highest BCUT2D eigenvalue weighted by atomic mass is 32.2. The maximum Gasteiger partial charge on any atom is 0.107 e. The van der Waals surface area contributed by atoms with Crippen LogP contribution in [0.1, 0.15) is 67.3 Å². The van der Waals surface area contributed by atoms with E-state index in [-0.39, 0.29) is 0 Å². The van der Waals surface area contributed by atoms with Crippen LogP contribution >= 0.6 is 34.9 Å². The zero-order valence-electron chi connectivity index (χ0n) is 13.4. The van der Waals surface area contributed by atoms with E-state index in [1.165, 1.54) is 34.2 Å². The van der Waals surface area contributed by atoms with Gasteiger partial charge in [-0.25, -0.2) is 4.98 Å². The van der Waals surface area contributed by atoms with Crippen molar-refractivity contribution in [2.75, 3.05) is 5.75 Å². The predicted molar refractivity (Wildman–Crippen MR) is 97.8 cm³/mol. The van der Waals surface area contributed by atoms with E-state index in [1.807, 2.05) is 11.3 Å². The van der Waals surface area contributed by atoms with E-state index < -0.39 is 0 Å². The molecule has 0 bridgehead atoms. The van der Waals surface area contributed by atoms with Crippen LogP contribution in [0.4, 0.5) is 0 Å². The molecule has 2 aliphatic rings. The van der Waals surface area contributed by atoms with Crippen LogP contribution in [-0.2, 0) is 6.54 Å². The van der Waals surface area contributed by atoms with Crippen LogP contribution < -0.4 is 5.32 Å². The Bertz CT molecular complexity index is 482. The van der Waals surface area contributed by atoms with Crippen LogP contribution in [0.3, 0.4) is 0 Å². The van der Waals surface area contributed by atoms with E-state index in [1.54, 1.807) is 0 Å². The van der Waals surface area contributed by atoms with E-state index in [2.05, 4.69) is 56.5 Å². The van der Waals surface area contributed by atoms with Gasteiger partial charge in [0.25, 0.3) is 0 Å². The highest BCUT2D eigenvalue weighted by molar-refractivity contribution is 8.07. The average Bonchev–Trinajstić information content (AvgIpc) is 3.17. The first-order valence-electron chi connectivity index (χ1n) is 8.04. The largest absolute Gasteiger partial charge is 0.309 e. The van der Waals surface area contributed by atoms with Gasteiger partial charge in [-0.1, -0.05) is 27.7 Å². The molecular weight excluding hydrogens is 316 g/mol. The Kier molecular flexibility index (Phi) is 5.24. The molecule has 2 nitrogen and oxygen atoms in total. The molecule has 3 unspecified atom stereocenters. The Morgan fingerprint density at radius 3 is 2.62 bits per heavy atom. The van der Waals surface area contributed by atoms with Crippen molar-refractivity contribution >= 4 is 34.9 Å². The topological polar surface area (TPSA) is 24.9 Å². The molecule has 1 saturated carbocycles. The summed E-state index contributed by atoms with van der Waals surface area (Å²) in [5.74, 6) is 1.75. The molecule has 0 aromatic carbocycles. The minimum absolute atomic E-state index is 0.531. The number of hydrogen-bond donors (Lipinski definition) is 1. The first kappa shape index (κ1) is 16.2. The van der Waals surface area contributed by atoms with Crippen LogP contribution in [0.5, 0.6) is 0 Å². The number of thioether (sulfide) groups is 2. The van der Waals surface area contributed by atoms with Gasteiger partial charge in [-0.3, -0.25) is 0 Å². The second-order valence-corrected chi connectivity index (χ2v) is 10.6. The Morgan fingerprint density at radius 2 is 2.00 bits per heavy atom. The van der Waals surface area contributed by atoms with Crippen molar-refractivity contribution in [3.63, 3.8) is 0 Å². The minimum Gasteiger partial charge on any atom is -0.309 e. The Morgan fingerprint density at radius 1 is 1.24 bits per heavy atom. The SMILES string of the molecule is CC(C)c1nc(C2CSC(C)C(C)S2)sc1CNC1CC1. The molecule has 3 atom stereocenters. The molecule has 1 aromatic rings. The average molecular weight is 343 g/mol. The molecule has 3 rings (SSSR count). The second-order valence-electron chi connectivity index (χ2n) is 6.54. The Balaban J connectivity index is 1.73. The summed E-state index contributed by atoms with van der Waals surface area (Å²) >= 11 is 6.20. The van der Waals surface area contributed by atoms with E-state index in [0.29, 0.717) is 11.2 Å². The van der Waals surface area contributed by atoms with Crippen LogP contribution in [0.15, 0.2) is 0 Å². The summed E-state index contributed by atoms with van der Waals surface area (Å²) in [4.78, 5) is 6.51. The van der Waals surface area contributed by atoms with Gasteiger partial charge < -0.3 is 5.32 Å². The molecule has 1 aliphatic heterocycles. The molecule has 2 heterocycles. The fourth-order valence-corrected chi connectivity index (χ4v) is 6.90. The first-order valence-corrected chi connectivity index (χ1v) is 10.8.